The molecule has 0 unspecified atom stereocenters. The van der Waals surface area contributed by atoms with Gasteiger partial charge in [-0.05, 0) is 24.3 Å². The molecular formula is C17H14FNO4. The molecule has 0 aliphatic carbocycles. The molecule has 0 spiro atoms. The van der Waals surface area contributed by atoms with Crippen LogP contribution in [-0.4, -0.2) is 23.9 Å². The third kappa shape index (κ3) is 4.16. The zero-order chi connectivity index (χ0) is 16.8. The van der Waals surface area contributed by atoms with Crippen LogP contribution in [0.4, 0.5) is 10.1 Å². The normalized spacial score (nSPS) is 11.0. The van der Waals surface area contributed by atoms with Crippen LogP contribution in [0.2, 0.25) is 0 Å². The maximum Gasteiger partial charge on any atom is 0.296 e. The fourth-order valence-electron chi connectivity index (χ4n) is 1.80. The number of para-hydroxylation sites is 1. The van der Waals surface area contributed by atoms with E-state index in [4.69, 9.17) is 4.74 Å². The van der Waals surface area contributed by atoms with E-state index in [1.54, 1.807) is 18.2 Å². The standard InChI is InChI=1S/C17H14FNO4/c1-23-12-6-4-5-11(9-12)15(20)10-16(21)17(22)19-14-8-3-2-7-13(14)18/h2-10,20H,1H3,(H,19,22). The molecule has 0 atom stereocenters. The molecule has 2 aromatic carbocycles. The van der Waals surface area contributed by atoms with Crippen molar-refractivity contribution >= 4 is 23.1 Å². The number of ether oxygens (including phenoxy) is 1. The van der Waals surface area contributed by atoms with Crippen LogP contribution < -0.4 is 10.1 Å². The van der Waals surface area contributed by atoms with Gasteiger partial charge >= 0.3 is 0 Å². The predicted octanol–water partition coefficient (Wildman–Crippen LogP) is 2.94. The highest BCUT2D eigenvalue weighted by Crippen LogP contribution is 2.18. The number of carbonyl (C=O) groups is 2. The molecule has 0 aliphatic heterocycles. The molecule has 2 rings (SSSR count). The summed E-state index contributed by atoms with van der Waals surface area (Å²) in [6.07, 6.45) is 0.769. The van der Waals surface area contributed by atoms with E-state index in [1.165, 1.54) is 31.4 Å². The van der Waals surface area contributed by atoms with Crippen LogP contribution in [0.3, 0.4) is 0 Å². The van der Waals surface area contributed by atoms with E-state index < -0.39 is 23.3 Å². The molecule has 5 nitrogen and oxygen atoms in total. The maximum absolute atomic E-state index is 13.4. The second-order valence-corrected chi connectivity index (χ2v) is 4.56. The van der Waals surface area contributed by atoms with Crippen molar-refractivity contribution in [1.82, 2.24) is 0 Å². The van der Waals surface area contributed by atoms with Crippen LogP contribution in [0.5, 0.6) is 5.75 Å². The second kappa shape index (κ2) is 7.22. The summed E-state index contributed by atoms with van der Waals surface area (Å²) in [6.45, 7) is 0. The van der Waals surface area contributed by atoms with Crippen LogP contribution in [0.1, 0.15) is 5.56 Å². The van der Waals surface area contributed by atoms with Crippen LogP contribution in [0.15, 0.2) is 54.6 Å². The highest BCUT2D eigenvalue weighted by molar-refractivity contribution is 6.45. The number of nitrogens with one attached hydrogen (secondary N) is 1. The highest BCUT2D eigenvalue weighted by Gasteiger charge is 2.15. The Bertz CT molecular complexity index is 771. The molecule has 0 saturated heterocycles. The van der Waals surface area contributed by atoms with E-state index in [0.717, 1.165) is 12.1 Å². The number of hydrogen-bond donors (Lipinski definition) is 2. The number of rotatable bonds is 5. The monoisotopic (exact) mass is 315 g/mol. The average Bonchev–Trinajstić information content (AvgIpc) is 2.56. The van der Waals surface area contributed by atoms with Crippen molar-refractivity contribution in [1.29, 1.82) is 0 Å². The first-order chi connectivity index (χ1) is 11.0. The SMILES string of the molecule is COc1cccc(C(O)=CC(=O)C(=O)Nc2ccccc2F)c1. The number of benzene rings is 2. The molecule has 0 saturated carbocycles. The number of anilines is 1. The molecule has 2 N–H and O–H groups in total. The molecule has 23 heavy (non-hydrogen) atoms. The van der Waals surface area contributed by atoms with Crippen molar-refractivity contribution in [3.8, 4) is 5.75 Å². The van der Waals surface area contributed by atoms with Crippen molar-refractivity contribution in [2.75, 3.05) is 12.4 Å². The highest BCUT2D eigenvalue weighted by atomic mass is 19.1. The molecule has 0 aliphatic rings. The minimum Gasteiger partial charge on any atom is -0.507 e. The van der Waals surface area contributed by atoms with E-state index in [9.17, 15) is 19.1 Å². The molecule has 0 aromatic heterocycles. The smallest absolute Gasteiger partial charge is 0.296 e. The fourth-order valence-corrected chi connectivity index (χ4v) is 1.80. The number of aliphatic hydroxyl groups is 1. The van der Waals surface area contributed by atoms with Gasteiger partial charge in [-0.2, -0.15) is 0 Å². The molecule has 2 aromatic rings. The quantitative estimate of drug-likeness (QED) is 0.505. The number of halogens is 1. The van der Waals surface area contributed by atoms with Crippen LogP contribution in [0.25, 0.3) is 5.76 Å². The number of amides is 1. The number of aliphatic hydroxyl groups excluding tert-OH is 1. The van der Waals surface area contributed by atoms with Gasteiger partial charge in [0.25, 0.3) is 5.91 Å². The summed E-state index contributed by atoms with van der Waals surface area (Å²) in [4.78, 5) is 23.5. The lowest BCUT2D eigenvalue weighted by atomic mass is 10.1. The van der Waals surface area contributed by atoms with E-state index in [2.05, 4.69) is 5.32 Å². The van der Waals surface area contributed by atoms with Gasteiger partial charge < -0.3 is 15.2 Å². The van der Waals surface area contributed by atoms with Gasteiger partial charge in [-0.15, -0.1) is 0 Å². The van der Waals surface area contributed by atoms with Gasteiger partial charge in [0.1, 0.15) is 17.3 Å². The lowest BCUT2D eigenvalue weighted by Gasteiger charge is -2.05. The minimum atomic E-state index is -1.05. The summed E-state index contributed by atoms with van der Waals surface area (Å²) < 4.78 is 18.4. The van der Waals surface area contributed by atoms with Gasteiger partial charge in [-0.25, -0.2) is 4.39 Å². The molecule has 0 bridgehead atoms. The maximum atomic E-state index is 13.4. The Kier molecular flexibility index (Phi) is 5.09. The average molecular weight is 315 g/mol. The number of ketones is 1. The molecule has 6 heteroatoms. The van der Waals surface area contributed by atoms with Crippen molar-refractivity contribution in [2.45, 2.75) is 0 Å². The number of methoxy groups -OCH3 is 1. The Morgan fingerprint density at radius 3 is 2.61 bits per heavy atom. The Morgan fingerprint density at radius 1 is 1.17 bits per heavy atom. The largest absolute Gasteiger partial charge is 0.507 e. The van der Waals surface area contributed by atoms with Crippen LogP contribution in [-0.2, 0) is 9.59 Å². The van der Waals surface area contributed by atoms with E-state index in [1.807, 2.05) is 0 Å². The minimum absolute atomic E-state index is 0.111. The van der Waals surface area contributed by atoms with Crippen LogP contribution in [0, 0.1) is 5.82 Å². The summed E-state index contributed by atoms with van der Waals surface area (Å²) >= 11 is 0. The zero-order valence-corrected chi connectivity index (χ0v) is 12.2. The molecule has 0 radical (unpaired) electrons. The molecule has 118 valence electrons. The zero-order valence-electron chi connectivity index (χ0n) is 12.2. The summed E-state index contributed by atoms with van der Waals surface area (Å²) in [5, 5.41) is 12.1. The van der Waals surface area contributed by atoms with Gasteiger partial charge in [0, 0.05) is 11.6 Å². The molecule has 1 amide bonds. The van der Waals surface area contributed by atoms with Gasteiger partial charge in [-0.3, -0.25) is 9.59 Å². The van der Waals surface area contributed by atoms with Crippen molar-refractivity contribution in [3.63, 3.8) is 0 Å². The molecule has 0 heterocycles. The van der Waals surface area contributed by atoms with E-state index >= 15 is 0 Å². The van der Waals surface area contributed by atoms with Crippen LogP contribution >= 0.6 is 0 Å². The van der Waals surface area contributed by atoms with Gasteiger partial charge in [-0.1, -0.05) is 24.3 Å². The first-order valence-electron chi connectivity index (χ1n) is 6.66. The summed E-state index contributed by atoms with van der Waals surface area (Å²) in [7, 11) is 1.47. The van der Waals surface area contributed by atoms with Gasteiger partial charge in [0.15, 0.2) is 0 Å². The van der Waals surface area contributed by atoms with Crippen molar-refractivity contribution in [2.24, 2.45) is 0 Å². The summed E-state index contributed by atoms with van der Waals surface area (Å²) in [6, 6.07) is 11.8. The summed E-state index contributed by atoms with van der Waals surface area (Å²) in [5.41, 5.74) is 0.205. The topological polar surface area (TPSA) is 75.6 Å². The van der Waals surface area contributed by atoms with Gasteiger partial charge in [0.05, 0.1) is 12.8 Å². The first-order valence-corrected chi connectivity index (χ1v) is 6.66. The number of carbonyl (C=O) groups excluding carboxylic acids is 2. The Labute approximate surface area is 132 Å². The number of hydrogen-bond acceptors (Lipinski definition) is 4. The predicted molar refractivity (Wildman–Crippen MR) is 83.6 cm³/mol. The molecular weight excluding hydrogens is 301 g/mol. The Morgan fingerprint density at radius 2 is 1.91 bits per heavy atom. The summed E-state index contributed by atoms with van der Waals surface area (Å²) in [5.74, 6) is -2.61. The van der Waals surface area contributed by atoms with E-state index in [0.29, 0.717) is 11.3 Å². The lowest BCUT2D eigenvalue weighted by Crippen LogP contribution is -2.21. The third-order valence-electron chi connectivity index (χ3n) is 2.98. The third-order valence-corrected chi connectivity index (χ3v) is 2.98. The van der Waals surface area contributed by atoms with Gasteiger partial charge in [0.2, 0.25) is 5.78 Å². The van der Waals surface area contributed by atoms with Crippen molar-refractivity contribution in [3.05, 3.63) is 66.0 Å². The second-order valence-electron chi connectivity index (χ2n) is 4.56. The molecule has 0 fully saturated rings. The lowest BCUT2D eigenvalue weighted by molar-refractivity contribution is -0.132. The Hall–Kier alpha value is -3.15. The van der Waals surface area contributed by atoms with Crippen molar-refractivity contribution < 1.29 is 23.8 Å². The fraction of sp³-hybridized carbons (Fsp3) is 0.0588. The Balaban J connectivity index is 2.13. The van der Waals surface area contributed by atoms with E-state index in [-0.39, 0.29) is 5.69 Å². The first kappa shape index (κ1) is 16.2.